The van der Waals surface area contributed by atoms with E-state index in [9.17, 15) is 4.79 Å². The van der Waals surface area contributed by atoms with Crippen LogP contribution in [0.4, 0.5) is 0 Å². The number of hydrogen-bond donors (Lipinski definition) is 1. The van der Waals surface area contributed by atoms with Crippen molar-refractivity contribution in [2.24, 2.45) is 0 Å². The van der Waals surface area contributed by atoms with E-state index in [4.69, 9.17) is 33.5 Å². The van der Waals surface area contributed by atoms with Gasteiger partial charge in [0.05, 0.1) is 34.5 Å². The summed E-state index contributed by atoms with van der Waals surface area (Å²) in [5.74, 6) is 0.639. The van der Waals surface area contributed by atoms with Crippen LogP contribution in [0.2, 0.25) is 0 Å². The molecule has 1 unspecified atom stereocenters. The lowest BCUT2D eigenvalue weighted by molar-refractivity contribution is -0.152. The molecule has 0 fully saturated rings. The van der Waals surface area contributed by atoms with Crippen molar-refractivity contribution >= 4 is 5.97 Å². The smallest absolute Gasteiger partial charge is 0.335 e. The molecule has 0 heterocycles. The molecule has 0 bridgehead atoms. The van der Waals surface area contributed by atoms with E-state index < -0.39 is 12.1 Å². The van der Waals surface area contributed by atoms with Crippen LogP contribution in [0.1, 0.15) is 12.0 Å². The van der Waals surface area contributed by atoms with Crippen molar-refractivity contribution in [3.8, 4) is 17.2 Å². The quantitative estimate of drug-likeness (QED) is 0.533. The number of carboxylic acid groups (broad SMARTS) is 1. The largest absolute Gasteiger partial charge is 0.493 e. The molecule has 0 aliphatic heterocycles. The Morgan fingerprint density at radius 1 is 1.00 bits per heavy atom. The zero-order chi connectivity index (χ0) is 18.7. The molecule has 1 aromatic carbocycles. The topological polar surface area (TPSA) is 92.7 Å². The van der Waals surface area contributed by atoms with Crippen LogP contribution in [0.5, 0.6) is 17.2 Å². The third kappa shape index (κ3) is 6.77. The van der Waals surface area contributed by atoms with E-state index in [2.05, 4.69) is 0 Å². The molecule has 0 aliphatic rings. The molecule has 25 heavy (non-hydrogen) atoms. The minimum Gasteiger partial charge on any atom is -0.493 e. The summed E-state index contributed by atoms with van der Waals surface area (Å²) < 4.78 is 31.5. The van der Waals surface area contributed by atoms with Crippen molar-refractivity contribution < 1.29 is 38.3 Å². The van der Waals surface area contributed by atoms with Gasteiger partial charge in [-0.05, 0) is 24.1 Å². The summed E-state index contributed by atoms with van der Waals surface area (Å²) in [6, 6.07) is 3.65. The first-order chi connectivity index (χ1) is 12.1. The highest BCUT2D eigenvalue weighted by molar-refractivity contribution is 5.72. The average molecular weight is 358 g/mol. The first-order valence-corrected chi connectivity index (χ1v) is 7.77. The average Bonchev–Trinajstić information content (AvgIpc) is 2.62. The molecule has 0 spiro atoms. The number of rotatable bonds is 13. The van der Waals surface area contributed by atoms with Crippen LogP contribution in [0.15, 0.2) is 12.1 Å². The summed E-state index contributed by atoms with van der Waals surface area (Å²) in [6.07, 6.45) is -0.305. The van der Waals surface area contributed by atoms with Gasteiger partial charge < -0.3 is 33.5 Å². The van der Waals surface area contributed by atoms with Crippen LogP contribution in [0, 0.1) is 0 Å². The minimum atomic E-state index is -1.04. The molecule has 0 saturated heterocycles. The van der Waals surface area contributed by atoms with Crippen molar-refractivity contribution in [3.05, 3.63) is 17.7 Å². The molecule has 0 aromatic heterocycles. The molecule has 1 atom stereocenters. The molecule has 8 heteroatoms. The van der Waals surface area contributed by atoms with Gasteiger partial charge in [-0.2, -0.15) is 0 Å². The summed E-state index contributed by atoms with van der Waals surface area (Å²) in [4.78, 5) is 10.7. The van der Waals surface area contributed by atoms with Crippen LogP contribution in [-0.4, -0.2) is 65.4 Å². The zero-order valence-corrected chi connectivity index (χ0v) is 15.1. The number of carbonyl (C=O) groups is 1. The van der Waals surface area contributed by atoms with Gasteiger partial charge in [-0.25, -0.2) is 4.79 Å². The molecule has 8 nitrogen and oxygen atoms in total. The Kier molecular flexibility index (Phi) is 9.68. The van der Waals surface area contributed by atoms with Crippen LogP contribution in [0.3, 0.4) is 0 Å². The third-order valence-electron chi connectivity index (χ3n) is 3.40. The molecule has 0 aliphatic carbocycles. The summed E-state index contributed by atoms with van der Waals surface area (Å²) >= 11 is 0. The molecular weight excluding hydrogens is 332 g/mol. The molecule has 1 N–H and O–H groups in total. The fourth-order valence-corrected chi connectivity index (χ4v) is 2.10. The summed E-state index contributed by atoms with van der Waals surface area (Å²) in [5.41, 5.74) is 0.890. The lowest BCUT2D eigenvalue weighted by atomic mass is 10.2. The number of ether oxygens (including phenoxy) is 6. The monoisotopic (exact) mass is 358 g/mol. The lowest BCUT2D eigenvalue weighted by Gasteiger charge is -2.14. The van der Waals surface area contributed by atoms with E-state index >= 15 is 0 Å². The van der Waals surface area contributed by atoms with Gasteiger partial charge in [0.1, 0.15) is 0 Å². The van der Waals surface area contributed by atoms with E-state index in [0.29, 0.717) is 43.5 Å². The van der Waals surface area contributed by atoms with Crippen molar-refractivity contribution in [3.63, 3.8) is 0 Å². The van der Waals surface area contributed by atoms with Crippen molar-refractivity contribution in [1.29, 1.82) is 0 Å². The fraction of sp³-hybridized carbons (Fsp3) is 0.588. The fourth-order valence-electron chi connectivity index (χ4n) is 2.10. The van der Waals surface area contributed by atoms with Crippen molar-refractivity contribution in [1.82, 2.24) is 0 Å². The van der Waals surface area contributed by atoms with Gasteiger partial charge in [0.25, 0.3) is 0 Å². The van der Waals surface area contributed by atoms with E-state index in [1.165, 1.54) is 7.11 Å². The molecule has 0 radical (unpaired) electrons. The predicted octanol–water partition coefficient (Wildman–Crippen LogP) is 1.74. The first kappa shape index (κ1) is 21.0. The molecule has 142 valence electrons. The van der Waals surface area contributed by atoms with E-state index in [1.807, 2.05) is 12.1 Å². The normalized spacial score (nSPS) is 11.8. The Balaban J connectivity index is 2.36. The van der Waals surface area contributed by atoms with Crippen molar-refractivity contribution in [2.75, 3.05) is 48.3 Å². The van der Waals surface area contributed by atoms with Crippen LogP contribution < -0.4 is 14.2 Å². The molecule has 1 rings (SSSR count). The highest BCUT2D eigenvalue weighted by atomic mass is 16.5. The van der Waals surface area contributed by atoms with Crippen LogP contribution >= 0.6 is 0 Å². The Labute approximate surface area is 147 Å². The maximum Gasteiger partial charge on any atom is 0.335 e. The first-order valence-electron chi connectivity index (χ1n) is 7.77. The van der Waals surface area contributed by atoms with Crippen LogP contribution in [-0.2, 0) is 25.6 Å². The zero-order valence-electron chi connectivity index (χ0n) is 15.1. The maximum absolute atomic E-state index is 10.7. The lowest BCUT2D eigenvalue weighted by Crippen LogP contribution is -2.28. The molecular formula is C17H26O8. The standard InChI is InChI=1S/C17H26O8/c1-20-13-8-12(9-14(21-2)16(13)23-4)10-24-6-5-7-25-11-15(22-3)17(18)19/h8-9,15H,5-7,10-11H2,1-4H3,(H,18,19). The number of methoxy groups -OCH3 is 4. The number of carboxylic acids is 1. The SMILES string of the molecule is COc1cc(COCCCOCC(OC)C(=O)O)cc(OC)c1OC. The molecule has 0 saturated carbocycles. The van der Waals surface area contributed by atoms with Crippen LogP contribution in [0.25, 0.3) is 0 Å². The molecule has 1 aromatic rings. The van der Waals surface area contributed by atoms with Gasteiger partial charge in [0.2, 0.25) is 5.75 Å². The highest BCUT2D eigenvalue weighted by Gasteiger charge is 2.16. The highest BCUT2D eigenvalue weighted by Crippen LogP contribution is 2.38. The van der Waals surface area contributed by atoms with E-state index in [0.717, 1.165) is 5.56 Å². The van der Waals surface area contributed by atoms with Gasteiger partial charge in [-0.15, -0.1) is 0 Å². The van der Waals surface area contributed by atoms with Gasteiger partial charge in [0.15, 0.2) is 17.6 Å². The van der Waals surface area contributed by atoms with E-state index in [-0.39, 0.29) is 6.61 Å². The maximum atomic E-state index is 10.7. The van der Waals surface area contributed by atoms with Crippen molar-refractivity contribution in [2.45, 2.75) is 19.1 Å². The Morgan fingerprint density at radius 3 is 2.08 bits per heavy atom. The van der Waals surface area contributed by atoms with Gasteiger partial charge >= 0.3 is 5.97 Å². The number of aliphatic carboxylic acids is 1. The number of hydrogen-bond acceptors (Lipinski definition) is 7. The second-order valence-corrected chi connectivity index (χ2v) is 5.08. The van der Waals surface area contributed by atoms with Gasteiger partial charge in [-0.1, -0.05) is 0 Å². The Hall–Kier alpha value is -2.03. The van der Waals surface area contributed by atoms with Gasteiger partial charge in [-0.3, -0.25) is 0 Å². The summed E-state index contributed by atoms with van der Waals surface area (Å²) in [6.45, 7) is 1.26. The van der Waals surface area contributed by atoms with Gasteiger partial charge in [0, 0.05) is 20.3 Å². The Morgan fingerprint density at radius 2 is 1.60 bits per heavy atom. The molecule has 0 amide bonds. The number of benzene rings is 1. The second-order valence-electron chi connectivity index (χ2n) is 5.08. The summed E-state index contributed by atoms with van der Waals surface area (Å²) in [7, 11) is 6.01. The minimum absolute atomic E-state index is 0.0126. The summed E-state index contributed by atoms with van der Waals surface area (Å²) in [5, 5.41) is 8.80. The third-order valence-corrected chi connectivity index (χ3v) is 3.40. The second kappa shape index (κ2) is 11.5. The predicted molar refractivity (Wildman–Crippen MR) is 89.6 cm³/mol. The van der Waals surface area contributed by atoms with E-state index in [1.54, 1.807) is 21.3 Å². The Bertz CT molecular complexity index is 506.